The second-order valence-electron chi connectivity index (χ2n) is 33.2. The predicted octanol–water partition coefficient (Wildman–Crippen LogP) is 32.4. The molecule has 130 heavy (non-hydrogen) atoms. The van der Waals surface area contributed by atoms with Gasteiger partial charge in [0, 0.05) is 92.1 Å². The smallest absolute Gasteiger partial charge is 0.0780 e. The molecular weight excluding hydrogens is 1580 g/mol. The second kappa shape index (κ2) is 33.9. The van der Waals surface area contributed by atoms with E-state index in [9.17, 15) is 0 Å². The topological polar surface area (TPSA) is 90.2 Å². The van der Waals surface area contributed by atoms with Gasteiger partial charge in [-0.25, -0.2) is 15.0 Å². The molecule has 18 aromatic carbocycles. The molecule has 7 aromatic heterocycles. The molecule has 7 heterocycles. The summed E-state index contributed by atoms with van der Waals surface area (Å²) in [4.78, 5) is 33.6. The minimum Gasteiger partial charge on any atom is -0.264 e. The highest BCUT2D eigenvalue weighted by Gasteiger charge is 2.19. The van der Waals surface area contributed by atoms with Crippen molar-refractivity contribution in [3.8, 4) is 134 Å². The van der Waals surface area contributed by atoms with Crippen LogP contribution >= 0.6 is 0 Å². The molecule has 0 N–H and O–H groups in total. The van der Waals surface area contributed by atoms with Crippen molar-refractivity contribution in [1.82, 2.24) is 34.9 Å². The summed E-state index contributed by atoms with van der Waals surface area (Å²) in [7, 11) is 0. The average Bonchev–Trinajstić information content (AvgIpc) is 0.767. The van der Waals surface area contributed by atoms with Gasteiger partial charge in [0.2, 0.25) is 0 Å². The molecule has 0 amide bonds. The molecule has 25 rings (SSSR count). The molecule has 0 aliphatic rings. The van der Waals surface area contributed by atoms with Gasteiger partial charge in [0.15, 0.2) is 0 Å². The number of rotatable bonds is 12. The highest BCUT2D eigenvalue weighted by molar-refractivity contribution is 6.06. The van der Waals surface area contributed by atoms with Crippen molar-refractivity contribution < 1.29 is 0 Å². The molecule has 7 nitrogen and oxygen atoms in total. The van der Waals surface area contributed by atoms with E-state index in [-0.39, 0.29) is 0 Å². The SMILES string of the molecule is c1ccc2cc(-c3ccc4nc(-c5ccc6ccccc6c5)cc(-c5ccc(-c6cccc7cccnc67)cc5)c4c3)ccc2c1.c1cncc(-c2ccc(-c3cc(-c4ccc5ccccc5c4)nc4ccc(-c5ccc6ccccc6c5)cc34)cc2)c1.c1cncc(-c2ccc(-c3cc(-c4ccc5ccccc5c4)nc4ccc(-c5ccc6ccccc6c5)cc34)cn2)c1. The number of aromatic nitrogens is 7. The van der Waals surface area contributed by atoms with Gasteiger partial charge < -0.3 is 0 Å². The lowest BCUT2D eigenvalue weighted by molar-refractivity contribution is 1.28. The third-order valence-corrected chi connectivity index (χ3v) is 25.2. The number of pyridine rings is 7. The van der Waals surface area contributed by atoms with Crippen molar-refractivity contribution in [2.45, 2.75) is 0 Å². The molecule has 0 radical (unpaired) electrons. The van der Waals surface area contributed by atoms with Crippen LogP contribution < -0.4 is 0 Å². The first-order valence-corrected chi connectivity index (χ1v) is 44.0. The quantitative estimate of drug-likeness (QED) is 0.120. The van der Waals surface area contributed by atoms with E-state index in [1.165, 1.54) is 104 Å². The zero-order valence-electron chi connectivity index (χ0n) is 70.7. The molecule has 0 aliphatic heterocycles. The lowest BCUT2D eigenvalue weighted by Crippen LogP contribution is -1.92. The number of hydrogen-bond acceptors (Lipinski definition) is 7. The Labute approximate surface area is 752 Å². The molecule has 0 spiro atoms. The summed E-state index contributed by atoms with van der Waals surface area (Å²) in [6.45, 7) is 0. The maximum Gasteiger partial charge on any atom is 0.0780 e. The normalized spacial score (nSPS) is 11.4. The van der Waals surface area contributed by atoms with E-state index in [2.05, 4.69) is 429 Å². The number of fused-ring (bicyclic) bond motifs is 10. The van der Waals surface area contributed by atoms with E-state index in [0.29, 0.717) is 0 Å². The molecular formula is C123H79N7. The van der Waals surface area contributed by atoms with Gasteiger partial charge in [-0.2, -0.15) is 0 Å². The highest BCUT2D eigenvalue weighted by atomic mass is 14.7. The van der Waals surface area contributed by atoms with Crippen LogP contribution in [-0.2, 0) is 0 Å². The Morgan fingerprint density at radius 1 is 0.138 bits per heavy atom. The highest BCUT2D eigenvalue weighted by Crippen LogP contribution is 2.43. The summed E-state index contributed by atoms with van der Waals surface area (Å²) in [5.74, 6) is 0. The van der Waals surface area contributed by atoms with Crippen LogP contribution in [0.1, 0.15) is 0 Å². The first-order chi connectivity index (χ1) is 64.3. The summed E-state index contributed by atoms with van der Waals surface area (Å²) in [6.07, 6.45) is 11.2. The Hall–Kier alpha value is -17.4. The van der Waals surface area contributed by atoms with Crippen LogP contribution in [0.3, 0.4) is 0 Å². The molecule has 0 bridgehead atoms. The number of para-hydroxylation sites is 1. The third-order valence-electron chi connectivity index (χ3n) is 25.2. The number of nitrogens with zero attached hydrogens (tertiary/aromatic N) is 7. The monoisotopic (exact) mass is 1650 g/mol. The van der Waals surface area contributed by atoms with Gasteiger partial charge in [-0.15, -0.1) is 0 Å². The maximum absolute atomic E-state index is 5.21. The van der Waals surface area contributed by atoms with Gasteiger partial charge in [0.1, 0.15) is 0 Å². The third kappa shape index (κ3) is 15.5. The van der Waals surface area contributed by atoms with Crippen LogP contribution in [0.25, 0.3) is 242 Å². The minimum absolute atomic E-state index is 0.900. The Bertz CT molecular complexity index is 8330. The summed E-state index contributed by atoms with van der Waals surface area (Å²) < 4.78 is 0. The molecule has 0 fully saturated rings. The van der Waals surface area contributed by atoms with E-state index in [1.54, 1.807) is 6.20 Å². The van der Waals surface area contributed by atoms with Gasteiger partial charge in [0.05, 0.1) is 44.8 Å². The fourth-order valence-corrected chi connectivity index (χ4v) is 18.3. The fraction of sp³-hybridized carbons (Fsp3) is 0. The van der Waals surface area contributed by atoms with Gasteiger partial charge in [-0.1, -0.05) is 322 Å². The Morgan fingerprint density at radius 3 is 0.800 bits per heavy atom. The Morgan fingerprint density at radius 2 is 0.431 bits per heavy atom. The maximum atomic E-state index is 5.21. The lowest BCUT2D eigenvalue weighted by Gasteiger charge is -2.14. The van der Waals surface area contributed by atoms with Crippen molar-refractivity contribution in [2.24, 2.45) is 0 Å². The van der Waals surface area contributed by atoms with E-state index in [0.717, 1.165) is 139 Å². The molecule has 606 valence electrons. The van der Waals surface area contributed by atoms with Crippen molar-refractivity contribution >= 4 is 108 Å². The van der Waals surface area contributed by atoms with Crippen molar-refractivity contribution in [3.05, 3.63) is 480 Å². The summed E-state index contributed by atoms with van der Waals surface area (Å²) >= 11 is 0. The number of hydrogen-bond donors (Lipinski definition) is 0. The molecule has 7 heteroatoms. The largest absolute Gasteiger partial charge is 0.264 e. The van der Waals surface area contributed by atoms with Crippen LogP contribution in [0, 0.1) is 0 Å². The summed E-state index contributed by atoms with van der Waals surface area (Å²) in [5, 5.41) is 19.3. The summed E-state index contributed by atoms with van der Waals surface area (Å²) in [6, 6.07) is 158. The Kier molecular flexibility index (Phi) is 20.2. The van der Waals surface area contributed by atoms with Crippen molar-refractivity contribution in [2.75, 3.05) is 0 Å². The average molecular weight is 1660 g/mol. The first kappa shape index (κ1) is 77.4. The molecule has 0 aliphatic carbocycles. The molecule has 0 atom stereocenters. The zero-order chi connectivity index (χ0) is 86.2. The van der Waals surface area contributed by atoms with Crippen LogP contribution in [0.2, 0.25) is 0 Å². The predicted molar refractivity (Wildman–Crippen MR) is 544 cm³/mol. The standard InChI is InChI=1S/C44H28N2.C40H26N2.C39H25N3/c1-3-9-34-25-36(20-14-29(34)7-1)37-22-23-42-41(27-37)40(28-43(46-42)38-21-15-30-8-2-4-10-35(30)26-38)32-18-16-31(17-19-32)39-13-5-11-33-12-6-24-45-44(33)39;1-3-8-31-22-33(17-13-27(31)6-1)34-19-20-39-38(24-34)37(30-15-11-29(12-16-30)36-10-5-21-41-26-36)25-40(42-39)35-18-14-28-7-2-4-9-32(28)23-35;1-3-8-28-20-30(13-11-26(28)6-1)31-15-18-38-36(22-31)35(33-16-17-37(41-25-33)34-10-5-19-40-24-34)23-39(42-38)32-14-12-27-7-2-4-9-29(27)21-32/h1-28H;1-26H;1-25H. The van der Waals surface area contributed by atoms with Gasteiger partial charge in [0.25, 0.3) is 0 Å². The molecule has 25 aromatic rings. The first-order valence-electron chi connectivity index (χ1n) is 44.0. The van der Waals surface area contributed by atoms with Crippen LogP contribution in [-0.4, -0.2) is 34.9 Å². The minimum atomic E-state index is 0.900. The van der Waals surface area contributed by atoms with Crippen molar-refractivity contribution in [3.63, 3.8) is 0 Å². The summed E-state index contributed by atoms with van der Waals surface area (Å²) in [5.41, 5.74) is 30.5. The van der Waals surface area contributed by atoms with Gasteiger partial charge >= 0.3 is 0 Å². The van der Waals surface area contributed by atoms with Crippen LogP contribution in [0.5, 0.6) is 0 Å². The van der Waals surface area contributed by atoms with Crippen molar-refractivity contribution in [1.29, 1.82) is 0 Å². The lowest BCUT2D eigenvalue weighted by atomic mass is 9.93. The van der Waals surface area contributed by atoms with Gasteiger partial charge in [-0.05, 0) is 264 Å². The van der Waals surface area contributed by atoms with E-state index < -0.39 is 0 Å². The van der Waals surface area contributed by atoms with Crippen LogP contribution in [0.15, 0.2) is 480 Å². The second-order valence-corrected chi connectivity index (χ2v) is 33.2. The van der Waals surface area contributed by atoms with Gasteiger partial charge in [-0.3, -0.25) is 19.9 Å². The van der Waals surface area contributed by atoms with E-state index >= 15 is 0 Å². The van der Waals surface area contributed by atoms with E-state index in [4.69, 9.17) is 24.9 Å². The zero-order valence-corrected chi connectivity index (χ0v) is 70.7. The molecule has 0 unspecified atom stereocenters. The van der Waals surface area contributed by atoms with Crippen LogP contribution in [0.4, 0.5) is 0 Å². The number of benzene rings is 18. The van der Waals surface area contributed by atoms with E-state index in [1.807, 2.05) is 55.2 Å². The molecule has 0 saturated carbocycles. The molecule has 0 saturated heterocycles. The Balaban J connectivity index is 0.000000111. The fourth-order valence-electron chi connectivity index (χ4n) is 18.3.